The molecular formula is C13H14N2. The molecule has 1 aromatic carbocycles. The number of aryl methyl sites for hydroxylation is 1. The van der Waals surface area contributed by atoms with Crippen molar-refractivity contribution in [3.63, 3.8) is 0 Å². The fraction of sp³-hybridized carbons (Fsp3) is 0.308. The van der Waals surface area contributed by atoms with Crippen molar-refractivity contribution in [1.82, 2.24) is 5.32 Å². The zero-order valence-electron chi connectivity index (χ0n) is 8.88. The molecule has 0 saturated heterocycles. The van der Waals surface area contributed by atoms with Crippen molar-refractivity contribution in [2.45, 2.75) is 13.3 Å². The summed E-state index contributed by atoms with van der Waals surface area (Å²) >= 11 is 0. The highest BCUT2D eigenvalue weighted by molar-refractivity contribution is 5.69. The van der Waals surface area contributed by atoms with Crippen molar-refractivity contribution >= 4 is 5.57 Å². The molecular weight excluding hydrogens is 184 g/mol. The third kappa shape index (κ3) is 2.08. The van der Waals surface area contributed by atoms with Crippen LogP contribution in [0.3, 0.4) is 0 Å². The van der Waals surface area contributed by atoms with Crippen molar-refractivity contribution in [2.24, 2.45) is 0 Å². The number of benzene rings is 1. The monoisotopic (exact) mass is 198 g/mol. The molecule has 2 rings (SSSR count). The second-order valence-electron chi connectivity index (χ2n) is 3.82. The first-order valence-corrected chi connectivity index (χ1v) is 5.22. The highest BCUT2D eigenvalue weighted by Gasteiger charge is 2.08. The van der Waals surface area contributed by atoms with E-state index in [0.717, 1.165) is 25.1 Å². The van der Waals surface area contributed by atoms with Gasteiger partial charge in [0.15, 0.2) is 0 Å². The van der Waals surface area contributed by atoms with Gasteiger partial charge in [-0.1, -0.05) is 12.1 Å². The van der Waals surface area contributed by atoms with Gasteiger partial charge in [0.1, 0.15) is 0 Å². The van der Waals surface area contributed by atoms with Gasteiger partial charge in [0.25, 0.3) is 0 Å². The lowest BCUT2D eigenvalue weighted by atomic mass is 9.95. The predicted octanol–water partition coefficient (Wildman–Crippen LogP) is 2.24. The maximum atomic E-state index is 8.79. The maximum Gasteiger partial charge on any atom is 0.0991 e. The normalized spacial score (nSPS) is 15.6. The Kier molecular flexibility index (Phi) is 2.84. The van der Waals surface area contributed by atoms with Crippen LogP contribution in [-0.2, 0) is 0 Å². The topological polar surface area (TPSA) is 35.8 Å². The van der Waals surface area contributed by atoms with E-state index in [1.807, 2.05) is 12.1 Å². The second kappa shape index (κ2) is 4.29. The molecule has 0 amide bonds. The second-order valence-corrected chi connectivity index (χ2v) is 3.82. The van der Waals surface area contributed by atoms with E-state index in [-0.39, 0.29) is 0 Å². The molecule has 0 aromatic heterocycles. The number of rotatable bonds is 1. The molecule has 1 aliphatic heterocycles. The van der Waals surface area contributed by atoms with Gasteiger partial charge in [-0.3, -0.25) is 0 Å². The molecule has 0 fully saturated rings. The summed E-state index contributed by atoms with van der Waals surface area (Å²) in [6.07, 6.45) is 3.31. The molecule has 2 heteroatoms. The first kappa shape index (κ1) is 9.95. The molecule has 1 heterocycles. The van der Waals surface area contributed by atoms with Gasteiger partial charge in [0.05, 0.1) is 11.6 Å². The summed E-state index contributed by atoms with van der Waals surface area (Å²) in [5, 5.41) is 12.1. The van der Waals surface area contributed by atoms with Crippen molar-refractivity contribution in [1.29, 1.82) is 5.26 Å². The standard InChI is InChI=1S/C13H14N2/c1-10-8-11(9-14)2-3-13(10)12-4-6-15-7-5-12/h2-4,8,15H,5-7H2,1H3. The van der Waals surface area contributed by atoms with Crippen LogP contribution < -0.4 is 5.32 Å². The van der Waals surface area contributed by atoms with Gasteiger partial charge < -0.3 is 5.32 Å². The molecule has 0 atom stereocenters. The smallest absolute Gasteiger partial charge is 0.0991 e. The molecule has 1 aliphatic rings. The van der Waals surface area contributed by atoms with Crippen LogP contribution in [0.2, 0.25) is 0 Å². The van der Waals surface area contributed by atoms with Gasteiger partial charge in [-0.25, -0.2) is 0 Å². The summed E-state index contributed by atoms with van der Waals surface area (Å²) in [7, 11) is 0. The van der Waals surface area contributed by atoms with E-state index in [2.05, 4.69) is 30.5 Å². The van der Waals surface area contributed by atoms with E-state index >= 15 is 0 Å². The number of hydrogen-bond donors (Lipinski definition) is 1. The summed E-state index contributed by atoms with van der Waals surface area (Å²) in [4.78, 5) is 0. The highest BCUT2D eigenvalue weighted by Crippen LogP contribution is 2.23. The molecule has 1 aromatic rings. The summed E-state index contributed by atoms with van der Waals surface area (Å²) in [6.45, 7) is 4.07. The number of nitriles is 1. The summed E-state index contributed by atoms with van der Waals surface area (Å²) in [5.41, 5.74) is 4.62. The highest BCUT2D eigenvalue weighted by atomic mass is 14.8. The molecule has 0 spiro atoms. The van der Waals surface area contributed by atoms with Crippen LogP contribution in [0.15, 0.2) is 24.3 Å². The average Bonchev–Trinajstić information content (AvgIpc) is 2.30. The van der Waals surface area contributed by atoms with Gasteiger partial charge in [0, 0.05) is 6.54 Å². The van der Waals surface area contributed by atoms with E-state index < -0.39 is 0 Å². The molecule has 2 nitrogen and oxygen atoms in total. The Bertz CT molecular complexity index is 438. The molecule has 0 bridgehead atoms. The van der Waals surface area contributed by atoms with Crippen LogP contribution >= 0.6 is 0 Å². The lowest BCUT2D eigenvalue weighted by Gasteiger charge is -2.16. The number of hydrogen-bond acceptors (Lipinski definition) is 2. The summed E-state index contributed by atoms with van der Waals surface area (Å²) in [6, 6.07) is 8.08. The minimum absolute atomic E-state index is 0.741. The van der Waals surface area contributed by atoms with Crippen LogP contribution in [0, 0.1) is 18.3 Å². The Morgan fingerprint density at radius 2 is 2.27 bits per heavy atom. The van der Waals surface area contributed by atoms with Gasteiger partial charge >= 0.3 is 0 Å². The van der Waals surface area contributed by atoms with Crippen molar-refractivity contribution in [3.8, 4) is 6.07 Å². The van der Waals surface area contributed by atoms with Crippen molar-refractivity contribution in [2.75, 3.05) is 13.1 Å². The van der Waals surface area contributed by atoms with Gasteiger partial charge in [-0.2, -0.15) is 5.26 Å². The van der Waals surface area contributed by atoms with Crippen LogP contribution in [0.5, 0.6) is 0 Å². The zero-order chi connectivity index (χ0) is 10.7. The largest absolute Gasteiger partial charge is 0.313 e. The lowest BCUT2D eigenvalue weighted by Crippen LogP contribution is -2.20. The first-order valence-electron chi connectivity index (χ1n) is 5.22. The fourth-order valence-corrected chi connectivity index (χ4v) is 1.96. The van der Waals surface area contributed by atoms with E-state index in [0.29, 0.717) is 0 Å². The summed E-state index contributed by atoms with van der Waals surface area (Å²) in [5.74, 6) is 0. The number of nitrogens with zero attached hydrogens (tertiary/aromatic N) is 1. The third-order valence-electron chi connectivity index (χ3n) is 2.77. The van der Waals surface area contributed by atoms with E-state index in [4.69, 9.17) is 5.26 Å². The minimum Gasteiger partial charge on any atom is -0.313 e. The fourth-order valence-electron chi connectivity index (χ4n) is 1.96. The minimum atomic E-state index is 0.741. The molecule has 1 N–H and O–H groups in total. The Hall–Kier alpha value is -1.59. The first-order chi connectivity index (χ1) is 7.31. The van der Waals surface area contributed by atoms with Gasteiger partial charge in [-0.05, 0) is 48.7 Å². The van der Waals surface area contributed by atoms with E-state index in [1.165, 1.54) is 16.7 Å². The predicted molar refractivity (Wildman–Crippen MR) is 61.4 cm³/mol. The van der Waals surface area contributed by atoms with Crippen molar-refractivity contribution in [3.05, 3.63) is 41.0 Å². The Morgan fingerprint density at radius 3 is 2.87 bits per heavy atom. The van der Waals surface area contributed by atoms with Crippen LogP contribution in [0.4, 0.5) is 0 Å². The van der Waals surface area contributed by atoms with Crippen LogP contribution in [0.25, 0.3) is 5.57 Å². The Balaban J connectivity index is 2.37. The zero-order valence-corrected chi connectivity index (χ0v) is 8.88. The quantitative estimate of drug-likeness (QED) is 0.751. The van der Waals surface area contributed by atoms with Crippen LogP contribution in [-0.4, -0.2) is 13.1 Å². The van der Waals surface area contributed by atoms with Crippen LogP contribution in [0.1, 0.15) is 23.1 Å². The molecule has 0 aliphatic carbocycles. The lowest BCUT2D eigenvalue weighted by molar-refractivity contribution is 0.738. The third-order valence-corrected chi connectivity index (χ3v) is 2.77. The van der Waals surface area contributed by atoms with E-state index in [9.17, 15) is 0 Å². The van der Waals surface area contributed by atoms with Gasteiger partial charge in [-0.15, -0.1) is 0 Å². The maximum absolute atomic E-state index is 8.79. The molecule has 0 unspecified atom stereocenters. The molecule has 76 valence electrons. The SMILES string of the molecule is Cc1cc(C#N)ccc1C1=CCNCC1. The number of nitrogens with one attached hydrogen (secondary N) is 1. The average molecular weight is 198 g/mol. The molecule has 0 radical (unpaired) electrons. The molecule has 15 heavy (non-hydrogen) atoms. The molecule has 0 saturated carbocycles. The van der Waals surface area contributed by atoms with E-state index in [1.54, 1.807) is 0 Å². The Morgan fingerprint density at radius 1 is 1.40 bits per heavy atom. The Labute approximate surface area is 90.2 Å². The van der Waals surface area contributed by atoms with Crippen molar-refractivity contribution < 1.29 is 0 Å². The van der Waals surface area contributed by atoms with Gasteiger partial charge in [0.2, 0.25) is 0 Å². The summed E-state index contributed by atoms with van der Waals surface area (Å²) < 4.78 is 0.